The molecule has 1 saturated carbocycles. The topological polar surface area (TPSA) is 0 Å². The molecule has 2 aliphatic rings. The third kappa shape index (κ3) is 1.01. The highest BCUT2D eigenvalue weighted by Gasteiger charge is 2.49. The summed E-state index contributed by atoms with van der Waals surface area (Å²) in [5.74, 6) is -0.744. The van der Waals surface area contributed by atoms with Crippen LogP contribution in [0.5, 0.6) is 0 Å². The number of hydrogen-bond acceptors (Lipinski definition) is 0. The molecule has 2 aliphatic carbocycles. The van der Waals surface area contributed by atoms with Crippen LogP contribution >= 0.6 is 0 Å². The number of halogens is 2. The Kier molecular flexibility index (Phi) is 1.38. The van der Waals surface area contributed by atoms with Crippen molar-refractivity contribution in [2.45, 2.75) is 18.5 Å². The van der Waals surface area contributed by atoms with Crippen LogP contribution in [0, 0.1) is 12.3 Å². The Hall–Kier alpha value is -0.660. The molecule has 1 unspecified atom stereocenters. The van der Waals surface area contributed by atoms with Crippen LogP contribution in [0.3, 0.4) is 0 Å². The van der Waals surface area contributed by atoms with E-state index in [1.54, 1.807) is 6.08 Å². The third-order valence-corrected chi connectivity index (χ3v) is 2.23. The van der Waals surface area contributed by atoms with Gasteiger partial charge in [-0.1, -0.05) is 12.2 Å². The van der Waals surface area contributed by atoms with Crippen LogP contribution in [-0.2, 0) is 0 Å². The summed E-state index contributed by atoms with van der Waals surface area (Å²) in [5.41, 5.74) is -1.77. The Morgan fingerprint density at radius 1 is 1.36 bits per heavy atom. The molecule has 0 bridgehead atoms. The van der Waals surface area contributed by atoms with E-state index in [-0.39, 0.29) is 5.92 Å². The van der Waals surface area contributed by atoms with Crippen LogP contribution in [-0.4, -0.2) is 5.67 Å². The Labute approximate surface area is 64.6 Å². The fourth-order valence-corrected chi connectivity index (χ4v) is 1.38. The zero-order chi connectivity index (χ0) is 7.90. The minimum atomic E-state index is -1.77. The minimum absolute atomic E-state index is 0.108. The highest BCUT2D eigenvalue weighted by atomic mass is 19.2. The molecule has 0 N–H and O–H groups in total. The lowest BCUT2D eigenvalue weighted by Gasteiger charge is -2.23. The van der Waals surface area contributed by atoms with Crippen molar-refractivity contribution in [1.82, 2.24) is 0 Å². The van der Waals surface area contributed by atoms with Crippen LogP contribution in [0.1, 0.15) is 12.8 Å². The highest BCUT2D eigenvalue weighted by Crippen LogP contribution is 2.49. The van der Waals surface area contributed by atoms with Crippen molar-refractivity contribution < 1.29 is 8.78 Å². The quantitative estimate of drug-likeness (QED) is 0.546. The first kappa shape index (κ1) is 7.01. The van der Waals surface area contributed by atoms with Gasteiger partial charge in [-0.05, 0) is 18.9 Å². The summed E-state index contributed by atoms with van der Waals surface area (Å²) >= 11 is 0. The van der Waals surface area contributed by atoms with Gasteiger partial charge in [-0.25, -0.2) is 8.78 Å². The van der Waals surface area contributed by atoms with Crippen molar-refractivity contribution in [3.63, 3.8) is 0 Å². The smallest absolute Gasteiger partial charge is 0.171 e. The molecule has 1 atom stereocenters. The maximum absolute atomic E-state index is 13.6. The molecular formula is C9H9F2. The second-order valence-corrected chi connectivity index (χ2v) is 3.11. The molecule has 0 nitrogen and oxygen atoms in total. The van der Waals surface area contributed by atoms with E-state index in [2.05, 4.69) is 0 Å². The SMILES string of the molecule is FC1=CC=C[CH]C1(F)C1CC1. The second-order valence-electron chi connectivity index (χ2n) is 3.11. The summed E-state index contributed by atoms with van der Waals surface area (Å²) in [4.78, 5) is 0. The van der Waals surface area contributed by atoms with Crippen LogP contribution < -0.4 is 0 Å². The summed E-state index contributed by atoms with van der Waals surface area (Å²) < 4.78 is 26.5. The van der Waals surface area contributed by atoms with Crippen molar-refractivity contribution >= 4 is 0 Å². The van der Waals surface area contributed by atoms with Gasteiger partial charge in [0, 0.05) is 12.3 Å². The predicted octanol–water partition coefficient (Wildman–Crippen LogP) is 2.73. The minimum Gasteiger partial charge on any atom is -0.235 e. The maximum atomic E-state index is 13.6. The van der Waals surface area contributed by atoms with Crippen LogP contribution in [0.2, 0.25) is 0 Å². The van der Waals surface area contributed by atoms with Crippen LogP contribution in [0.4, 0.5) is 8.78 Å². The van der Waals surface area contributed by atoms with Crippen molar-refractivity contribution in [1.29, 1.82) is 0 Å². The third-order valence-electron chi connectivity index (χ3n) is 2.23. The van der Waals surface area contributed by atoms with Gasteiger partial charge in [0.1, 0.15) is 5.83 Å². The number of alkyl halides is 1. The first-order valence-electron chi connectivity index (χ1n) is 3.81. The standard InChI is InChI=1S/C9H9F2/c10-8-3-1-2-6-9(8,11)7-4-5-7/h1-3,6-7H,4-5H2. The molecule has 2 rings (SSSR count). The number of rotatable bonds is 1. The van der Waals surface area contributed by atoms with Gasteiger partial charge in [0.05, 0.1) is 0 Å². The van der Waals surface area contributed by atoms with E-state index in [0.717, 1.165) is 12.8 Å². The fourth-order valence-electron chi connectivity index (χ4n) is 1.38. The number of hydrogen-bond donors (Lipinski definition) is 0. The molecule has 0 aromatic carbocycles. The average molecular weight is 155 g/mol. The Morgan fingerprint density at radius 2 is 2.09 bits per heavy atom. The molecule has 1 fully saturated rings. The Bertz CT molecular complexity index is 226. The Morgan fingerprint density at radius 3 is 2.64 bits per heavy atom. The van der Waals surface area contributed by atoms with E-state index >= 15 is 0 Å². The summed E-state index contributed by atoms with van der Waals surface area (Å²) in [6, 6.07) is 0. The van der Waals surface area contributed by atoms with Crippen molar-refractivity contribution in [3.8, 4) is 0 Å². The van der Waals surface area contributed by atoms with Gasteiger partial charge in [-0.3, -0.25) is 0 Å². The zero-order valence-electron chi connectivity index (χ0n) is 6.06. The summed E-state index contributed by atoms with van der Waals surface area (Å²) in [5, 5.41) is 0. The summed E-state index contributed by atoms with van der Waals surface area (Å²) in [6.45, 7) is 0. The van der Waals surface area contributed by atoms with Gasteiger partial charge in [0.15, 0.2) is 5.67 Å². The lowest BCUT2D eigenvalue weighted by molar-refractivity contribution is 0.187. The van der Waals surface area contributed by atoms with Crippen LogP contribution in [0.25, 0.3) is 0 Å². The van der Waals surface area contributed by atoms with E-state index in [1.807, 2.05) is 0 Å². The van der Waals surface area contributed by atoms with E-state index in [9.17, 15) is 8.78 Å². The average Bonchev–Trinajstić information content (AvgIpc) is 2.77. The fraction of sp³-hybridized carbons (Fsp3) is 0.444. The molecule has 11 heavy (non-hydrogen) atoms. The molecule has 0 heterocycles. The second kappa shape index (κ2) is 2.16. The molecule has 0 aromatic heterocycles. The summed E-state index contributed by atoms with van der Waals surface area (Å²) in [6.07, 6.45) is 7.24. The first-order chi connectivity index (χ1) is 5.23. The van der Waals surface area contributed by atoms with Gasteiger partial charge < -0.3 is 0 Å². The van der Waals surface area contributed by atoms with Gasteiger partial charge in [0.2, 0.25) is 0 Å². The molecule has 59 valence electrons. The lowest BCUT2D eigenvalue weighted by Crippen LogP contribution is -2.27. The molecular weight excluding hydrogens is 146 g/mol. The monoisotopic (exact) mass is 155 g/mol. The van der Waals surface area contributed by atoms with Gasteiger partial charge in [-0.15, -0.1) is 0 Å². The van der Waals surface area contributed by atoms with Gasteiger partial charge >= 0.3 is 0 Å². The first-order valence-corrected chi connectivity index (χ1v) is 3.81. The molecule has 1 radical (unpaired) electrons. The van der Waals surface area contributed by atoms with E-state index < -0.39 is 11.5 Å². The number of allylic oxidation sites excluding steroid dienone is 4. The van der Waals surface area contributed by atoms with Gasteiger partial charge in [0.25, 0.3) is 0 Å². The van der Waals surface area contributed by atoms with Crippen molar-refractivity contribution in [2.24, 2.45) is 5.92 Å². The highest BCUT2D eigenvalue weighted by molar-refractivity contribution is 5.34. The molecule has 0 aromatic rings. The van der Waals surface area contributed by atoms with E-state index in [4.69, 9.17) is 0 Å². The molecule has 0 saturated heterocycles. The largest absolute Gasteiger partial charge is 0.235 e. The van der Waals surface area contributed by atoms with Gasteiger partial charge in [-0.2, -0.15) is 0 Å². The van der Waals surface area contributed by atoms with Crippen molar-refractivity contribution in [3.05, 3.63) is 30.5 Å². The van der Waals surface area contributed by atoms with Crippen LogP contribution in [0.15, 0.2) is 24.1 Å². The van der Waals surface area contributed by atoms with Crippen molar-refractivity contribution in [2.75, 3.05) is 0 Å². The summed E-state index contributed by atoms with van der Waals surface area (Å²) in [7, 11) is 0. The zero-order valence-corrected chi connectivity index (χ0v) is 6.06. The van der Waals surface area contributed by atoms with E-state index in [0.29, 0.717) is 0 Å². The molecule has 0 amide bonds. The van der Waals surface area contributed by atoms with E-state index in [1.165, 1.54) is 18.6 Å². The molecule has 0 spiro atoms. The Balaban J connectivity index is 2.24. The lowest BCUT2D eigenvalue weighted by atomic mass is 9.91. The predicted molar refractivity (Wildman–Crippen MR) is 39.2 cm³/mol. The normalized spacial score (nSPS) is 37.1. The maximum Gasteiger partial charge on any atom is 0.171 e. The molecule has 2 heteroatoms. The molecule has 0 aliphatic heterocycles.